The van der Waals surface area contributed by atoms with Gasteiger partial charge >= 0.3 is 12.1 Å². The predicted molar refractivity (Wildman–Crippen MR) is 94.3 cm³/mol. The van der Waals surface area contributed by atoms with Gasteiger partial charge in [-0.05, 0) is 37.0 Å². The van der Waals surface area contributed by atoms with Crippen LogP contribution in [0.4, 0.5) is 13.2 Å². The summed E-state index contributed by atoms with van der Waals surface area (Å²) in [7, 11) is 0. The minimum Gasteiger partial charge on any atom is -0.481 e. The van der Waals surface area contributed by atoms with Crippen LogP contribution >= 0.6 is 0 Å². The van der Waals surface area contributed by atoms with E-state index in [1.165, 1.54) is 23.0 Å². The van der Waals surface area contributed by atoms with Gasteiger partial charge in [0.25, 0.3) is 5.91 Å². The van der Waals surface area contributed by atoms with Crippen LogP contribution in [0, 0.1) is 5.92 Å². The summed E-state index contributed by atoms with van der Waals surface area (Å²) in [5.41, 5.74) is 0.357. The maximum Gasteiger partial charge on any atom is 0.416 e. The lowest BCUT2D eigenvalue weighted by molar-refractivity contribution is -0.138. The van der Waals surface area contributed by atoms with Crippen molar-refractivity contribution in [3.63, 3.8) is 0 Å². The molecule has 28 heavy (non-hydrogen) atoms. The summed E-state index contributed by atoms with van der Waals surface area (Å²) in [5, 5.41) is 15.6. The van der Waals surface area contributed by atoms with E-state index in [-0.39, 0.29) is 30.5 Å². The number of carbonyl (C=O) groups is 2. The molecule has 2 aromatic rings. The number of nitrogens with zero attached hydrogens (tertiary/aromatic N) is 2. The molecule has 1 unspecified atom stereocenters. The molecule has 1 heterocycles. The molecule has 0 radical (unpaired) electrons. The molecule has 2 N–H and O–H groups in total. The summed E-state index contributed by atoms with van der Waals surface area (Å²) in [6.07, 6.45) is -1.52. The summed E-state index contributed by atoms with van der Waals surface area (Å²) in [6.45, 7) is 1.90. The van der Waals surface area contributed by atoms with E-state index in [9.17, 15) is 22.8 Å². The van der Waals surface area contributed by atoms with Gasteiger partial charge in [-0.2, -0.15) is 18.3 Å². The molecule has 1 amide bonds. The molecule has 150 valence electrons. The highest BCUT2D eigenvalue weighted by Gasteiger charge is 2.34. The van der Waals surface area contributed by atoms with Crippen molar-refractivity contribution in [2.45, 2.75) is 38.3 Å². The Bertz CT molecular complexity index is 888. The number of halogens is 3. The number of aromatic nitrogens is 2. The van der Waals surface area contributed by atoms with Crippen molar-refractivity contribution in [3.8, 4) is 5.69 Å². The van der Waals surface area contributed by atoms with E-state index >= 15 is 0 Å². The zero-order chi connectivity index (χ0) is 20.5. The lowest BCUT2D eigenvalue weighted by atomic mass is 10.1. The topological polar surface area (TPSA) is 84.2 Å². The van der Waals surface area contributed by atoms with Crippen molar-refractivity contribution in [3.05, 3.63) is 47.3 Å². The van der Waals surface area contributed by atoms with Gasteiger partial charge in [-0.25, -0.2) is 4.68 Å². The molecule has 1 aromatic heterocycles. The highest BCUT2D eigenvalue weighted by molar-refractivity contribution is 5.95. The van der Waals surface area contributed by atoms with Crippen LogP contribution in [0.25, 0.3) is 5.69 Å². The zero-order valence-electron chi connectivity index (χ0n) is 15.2. The van der Waals surface area contributed by atoms with Crippen LogP contribution in [0.5, 0.6) is 0 Å². The number of carbonyl (C=O) groups excluding carboxylic acids is 1. The SMILES string of the molecule is CC(CNC(=O)c1cnn(-c2cccc(C(F)(F)F)c2)c1C1CC1)CC(=O)O. The van der Waals surface area contributed by atoms with E-state index < -0.39 is 23.6 Å². The number of carboxylic acid groups (broad SMARTS) is 1. The van der Waals surface area contributed by atoms with Gasteiger partial charge in [-0.1, -0.05) is 13.0 Å². The average Bonchev–Trinajstić information content (AvgIpc) is 3.36. The molecule has 1 aromatic carbocycles. The summed E-state index contributed by atoms with van der Waals surface area (Å²) in [5.74, 6) is -1.53. The van der Waals surface area contributed by atoms with Crippen molar-refractivity contribution in [2.75, 3.05) is 6.54 Å². The highest BCUT2D eigenvalue weighted by atomic mass is 19.4. The lowest BCUT2D eigenvalue weighted by Gasteiger charge is -2.13. The molecular formula is C19H20F3N3O3. The Hall–Kier alpha value is -2.84. The Morgan fingerprint density at radius 1 is 1.36 bits per heavy atom. The number of amides is 1. The van der Waals surface area contributed by atoms with Crippen LogP contribution in [0.1, 0.15) is 53.7 Å². The number of alkyl halides is 3. The fraction of sp³-hybridized carbons (Fsp3) is 0.421. The van der Waals surface area contributed by atoms with Gasteiger partial charge in [0.1, 0.15) is 0 Å². The number of hydrogen-bond acceptors (Lipinski definition) is 3. The molecule has 1 aliphatic rings. The molecular weight excluding hydrogens is 375 g/mol. The molecule has 6 nitrogen and oxygen atoms in total. The Kier molecular flexibility index (Phi) is 5.44. The van der Waals surface area contributed by atoms with E-state index in [0.717, 1.165) is 25.0 Å². The van der Waals surface area contributed by atoms with Crippen LogP contribution < -0.4 is 5.32 Å². The maximum absolute atomic E-state index is 13.0. The standard InChI is InChI=1S/C19H20F3N3O3/c1-11(7-16(26)27)9-23-18(28)15-10-24-25(17(15)12-5-6-12)14-4-2-3-13(8-14)19(20,21)22/h2-4,8,10-12H,5-7,9H2,1H3,(H,23,28)(H,26,27). The molecule has 0 bridgehead atoms. The van der Waals surface area contributed by atoms with E-state index in [1.807, 2.05) is 0 Å². The molecule has 1 aliphatic carbocycles. The Morgan fingerprint density at radius 2 is 2.07 bits per heavy atom. The van der Waals surface area contributed by atoms with E-state index in [1.54, 1.807) is 6.92 Å². The van der Waals surface area contributed by atoms with Crippen LogP contribution in [0.3, 0.4) is 0 Å². The third kappa shape index (κ3) is 4.52. The third-order valence-electron chi connectivity index (χ3n) is 4.57. The fourth-order valence-corrected chi connectivity index (χ4v) is 3.03. The van der Waals surface area contributed by atoms with Crippen LogP contribution in [0.2, 0.25) is 0 Å². The third-order valence-corrected chi connectivity index (χ3v) is 4.57. The zero-order valence-corrected chi connectivity index (χ0v) is 15.2. The van der Waals surface area contributed by atoms with Gasteiger partial charge in [0, 0.05) is 18.9 Å². The molecule has 9 heteroatoms. The Balaban J connectivity index is 1.85. The van der Waals surface area contributed by atoms with Gasteiger partial charge < -0.3 is 10.4 Å². The van der Waals surface area contributed by atoms with E-state index in [4.69, 9.17) is 5.11 Å². The van der Waals surface area contributed by atoms with Gasteiger partial charge in [-0.3, -0.25) is 9.59 Å². The summed E-state index contributed by atoms with van der Waals surface area (Å²) < 4.78 is 40.4. The van der Waals surface area contributed by atoms with Crippen LogP contribution in [0.15, 0.2) is 30.5 Å². The number of nitrogens with one attached hydrogen (secondary N) is 1. The second kappa shape index (κ2) is 7.65. The van der Waals surface area contributed by atoms with Gasteiger partial charge in [0.2, 0.25) is 0 Å². The van der Waals surface area contributed by atoms with Crippen molar-refractivity contribution in [1.82, 2.24) is 15.1 Å². The number of rotatable bonds is 7. The number of carboxylic acids is 1. The van der Waals surface area contributed by atoms with Crippen molar-refractivity contribution in [2.24, 2.45) is 5.92 Å². The maximum atomic E-state index is 13.0. The molecule has 3 rings (SSSR count). The monoisotopic (exact) mass is 395 g/mol. The summed E-state index contributed by atoms with van der Waals surface area (Å²) in [6, 6.07) is 4.82. The van der Waals surface area contributed by atoms with Crippen molar-refractivity contribution in [1.29, 1.82) is 0 Å². The molecule has 1 atom stereocenters. The first kappa shape index (κ1) is 19.9. The quantitative estimate of drug-likeness (QED) is 0.750. The first-order valence-electron chi connectivity index (χ1n) is 8.92. The second-order valence-electron chi connectivity index (χ2n) is 7.09. The summed E-state index contributed by atoms with van der Waals surface area (Å²) >= 11 is 0. The molecule has 0 saturated heterocycles. The first-order valence-corrected chi connectivity index (χ1v) is 8.92. The van der Waals surface area contributed by atoms with E-state index in [2.05, 4.69) is 10.4 Å². The summed E-state index contributed by atoms with van der Waals surface area (Å²) in [4.78, 5) is 23.3. The predicted octanol–water partition coefficient (Wildman–Crippen LogP) is 3.61. The fourth-order valence-electron chi connectivity index (χ4n) is 3.03. The Labute approximate surface area is 159 Å². The number of hydrogen-bond donors (Lipinski definition) is 2. The normalized spacial score (nSPS) is 15.3. The van der Waals surface area contributed by atoms with Crippen molar-refractivity contribution >= 4 is 11.9 Å². The number of benzene rings is 1. The molecule has 1 fully saturated rings. The Morgan fingerprint density at radius 3 is 2.68 bits per heavy atom. The molecule has 0 aliphatic heterocycles. The second-order valence-corrected chi connectivity index (χ2v) is 7.09. The van der Waals surface area contributed by atoms with Crippen LogP contribution in [-0.2, 0) is 11.0 Å². The van der Waals surface area contributed by atoms with Gasteiger partial charge in [0.15, 0.2) is 0 Å². The first-order chi connectivity index (χ1) is 13.2. The minimum absolute atomic E-state index is 0.0641. The van der Waals surface area contributed by atoms with Gasteiger partial charge in [-0.15, -0.1) is 0 Å². The number of aliphatic carboxylic acids is 1. The molecule has 1 saturated carbocycles. The minimum atomic E-state index is -4.47. The largest absolute Gasteiger partial charge is 0.481 e. The smallest absolute Gasteiger partial charge is 0.416 e. The van der Waals surface area contributed by atoms with Gasteiger partial charge in [0.05, 0.1) is 28.7 Å². The van der Waals surface area contributed by atoms with Crippen molar-refractivity contribution < 1.29 is 27.9 Å². The highest BCUT2D eigenvalue weighted by Crippen LogP contribution is 2.42. The molecule has 0 spiro atoms. The lowest BCUT2D eigenvalue weighted by Crippen LogP contribution is -2.29. The average molecular weight is 395 g/mol. The van der Waals surface area contributed by atoms with E-state index in [0.29, 0.717) is 11.3 Å². The van der Waals surface area contributed by atoms with Crippen LogP contribution in [-0.4, -0.2) is 33.3 Å².